The third-order valence-corrected chi connectivity index (χ3v) is 2.81. The molecule has 1 N–H and O–H groups in total. The van der Waals surface area contributed by atoms with Gasteiger partial charge in [-0.2, -0.15) is 0 Å². The number of Topliss-reactive ketones (excluding diaryl/α,β-unsaturated/α-hetero) is 1. The second-order valence-corrected chi connectivity index (χ2v) is 4.02. The van der Waals surface area contributed by atoms with Crippen LogP contribution in [0, 0.1) is 0 Å². The van der Waals surface area contributed by atoms with E-state index in [1.807, 2.05) is 24.3 Å². The molecule has 0 amide bonds. The Morgan fingerprint density at radius 1 is 1.11 bits per heavy atom. The summed E-state index contributed by atoms with van der Waals surface area (Å²) >= 11 is 0. The second kappa shape index (κ2) is 4.92. The number of rotatable bonds is 3. The van der Waals surface area contributed by atoms with E-state index in [1.165, 1.54) is 13.0 Å². The molecule has 0 atom stereocenters. The van der Waals surface area contributed by atoms with Gasteiger partial charge in [0.2, 0.25) is 0 Å². The van der Waals surface area contributed by atoms with Crippen molar-refractivity contribution in [2.75, 3.05) is 7.11 Å². The highest BCUT2D eigenvalue weighted by molar-refractivity contribution is 5.95. The monoisotopic (exact) mass is 242 g/mol. The van der Waals surface area contributed by atoms with Crippen LogP contribution in [0.1, 0.15) is 17.3 Å². The first-order valence-corrected chi connectivity index (χ1v) is 5.60. The smallest absolute Gasteiger partial charge is 0.159 e. The molecule has 0 saturated heterocycles. The Bertz CT molecular complexity index is 571. The van der Waals surface area contributed by atoms with Crippen molar-refractivity contribution in [1.29, 1.82) is 0 Å². The molecule has 0 aliphatic heterocycles. The quantitative estimate of drug-likeness (QED) is 0.840. The van der Waals surface area contributed by atoms with Crippen LogP contribution >= 0.6 is 0 Å². The average molecular weight is 242 g/mol. The summed E-state index contributed by atoms with van der Waals surface area (Å²) in [6, 6.07) is 12.3. The maximum absolute atomic E-state index is 11.2. The van der Waals surface area contributed by atoms with Crippen LogP contribution in [0.3, 0.4) is 0 Å². The summed E-state index contributed by atoms with van der Waals surface area (Å²) in [5.41, 5.74) is 2.08. The molecule has 0 spiro atoms. The van der Waals surface area contributed by atoms with E-state index in [2.05, 4.69) is 0 Å². The van der Waals surface area contributed by atoms with Gasteiger partial charge >= 0.3 is 0 Å². The van der Waals surface area contributed by atoms with Gasteiger partial charge in [0.1, 0.15) is 11.5 Å². The van der Waals surface area contributed by atoms with Gasteiger partial charge in [0.15, 0.2) is 5.78 Å². The van der Waals surface area contributed by atoms with Crippen molar-refractivity contribution >= 4 is 5.78 Å². The van der Waals surface area contributed by atoms with Gasteiger partial charge in [-0.3, -0.25) is 4.79 Å². The molecule has 92 valence electrons. The Labute approximate surface area is 106 Å². The number of methoxy groups -OCH3 is 1. The maximum atomic E-state index is 11.2. The third-order valence-electron chi connectivity index (χ3n) is 2.81. The predicted molar refractivity (Wildman–Crippen MR) is 70.1 cm³/mol. The topological polar surface area (TPSA) is 46.5 Å². The lowest BCUT2D eigenvalue weighted by Gasteiger charge is -2.07. The summed E-state index contributed by atoms with van der Waals surface area (Å²) in [5, 5.41) is 9.94. The minimum Gasteiger partial charge on any atom is -0.507 e. The summed E-state index contributed by atoms with van der Waals surface area (Å²) in [6.07, 6.45) is 0. The fourth-order valence-corrected chi connectivity index (χ4v) is 1.77. The van der Waals surface area contributed by atoms with Gasteiger partial charge in [-0.25, -0.2) is 0 Å². The molecule has 0 fully saturated rings. The summed E-state index contributed by atoms with van der Waals surface area (Å²) in [4.78, 5) is 11.2. The predicted octanol–water partition coefficient (Wildman–Crippen LogP) is 3.27. The van der Waals surface area contributed by atoms with E-state index < -0.39 is 0 Å². The van der Waals surface area contributed by atoms with E-state index in [-0.39, 0.29) is 11.5 Å². The Kier molecular flexibility index (Phi) is 3.33. The molecule has 3 heteroatoms. The van der Waals surface area contributed by atoms with Gasteiger partial charge in [0.05, 0.1) is 7.11 Å². The lowest BCUT2D eigenvalue weighted by molar-refractivity contribution is 0.101. The van der Waals surface area contributed by atoms with Gasteiger partial charge in [-0.05, 0) is 36.8 Å². The van der Waals surface area contributed by atoms with Crippen LogP contribution in [0.2, 0.25) is 0 Å². The molecule has 3 nitrogen and oxygen atoms in total. The number of hydrogen-bond acceptors (Lipinski definition) is 3. The van der Waals surface area contributed by atoms with Crippen LogP contribution in [0.25, 0.3) is 11.1 Å². The number of ketones is 1. The molecular weight excluding hydrogens is 228 g/mol. The minimum atomic E-state index is -0.0634. The van der Waals surface area contributed by atoms with Crippen molar-refractivity contribution in [3.05, 3.63) is 48.0 Å². The summed E-state index contributed by atoms with van der Waals surface area (Å²) in [6.45, 7) is 1.47. The summed E-state index contributed by atoms with van der Waals surface area (Å²) in [5.74, 6) is 0.804. The number of phenols is 1. The van der Waals surface area contributed by atoms with E-state index in [4.69, 9.17) is 4.74 Å². The van der Waals surface area contributed by atoms with Crippen molar-refractivity contribution in [3.63, 3.8) is 0 Å². The molecule has 0 aliphatic rings. The normalized spacial score (nSPS) is 10.1. The number of benzene rings is 2. The number of carbonyl (C=O) groups excluding carboxylic acids is 1. The van der Waals surface area contributed by atoms with Crippen molar-refractivity contribution in [3.8, 4) is 22.6 Å². The van der Waals surface area contributed by atoms with Gasteiger partial charge < -0.3 is 9.84 Å². The molecule has 0 heterocycles. The van der Waals surface area contributed by atoms with Crippen LogP contribution in [-0.2, 0) is 0 Å². The molecule has 18 heavy (non-hydrogen) atoms. The van der Waals surface area contributed by atoms with Crippen LogP contribution in [0.5, 0.6) is 11.5 Å². The highest BCUT2D eigenvalue weighted by Gasteiger charge is 2.07. The summed E-state index contributed by atoms with van der Waals surface area (Å²) < 4.78 is 5.08. The summed E-state index contributed by atoms with van der Waals surface area (Å²) in [7, 11) is 1.61. The van der Waals surface area contributed by atoms with Gasteiger partial charge in [-0.1, -0.05) is 18.2 Å². The molecule has 0 saturated carbocycles. The number of ether oxygens (including phenoxy) is 1. The first kappa shape index (κ1) is 12.2. The number of hydrogen-bond donors (Lipinski definition) is 1. The number of carbonyl (C=O) groups is 1. The van der Waals surface area contributed by atoms with Crippen LogP contribution in [-0.4, -0.2) is 18.0 Å². The molecule has 0 aromatic heterocycles. The van der Waals surface area contributed by atoms with Gasteiger partial charge in [0, 0.05) is 11.1 Å². The van der Waals surface area contributed by atoms with Crippen LogP contribution < -0.4 is 4.74 Å². The Morgan fingerprint density at radius 3 is 2.28 bits per heavy atom. The highest BCUT2D eigenvalue weighted by atomic mass is 16.5. The zero-order valence-electron chi connectivity index (χ0n) is 10.3. The fraction of sp³-hybridized carbons (Fsp3) is 0.133. The van der Waals surface area contributed by atoms with Crippen LogP contribution in [0.15, 0.2) is 42.5 Å². The molecule has 0 radical (unpaired) electrons. The Balaban J connectivity index is 2.41. The second-order valence-electron chi connectivity index (χ2n) is 4.02. The van der Waals surface area contributed by atoms with Crippen molar-refractivity contribution in [2.45, 2.75) is 6.92 Å². The Morgan fingerprint density at radius 2 is 1.78 bits per heavy atom. The third kappa shape index (κ3) is 2.35. The van der Waals surface area contributed by atoms with E-state index in [0.29, 0.717) is 11.1 Å². The van der Waals surface area contributed by atoms with E-state index in [9.17, 15) is 9.90 Å². The SMILES string of the molecule is COc1ccc(-c2ccc(C(C)=O)cc2O)cc1. The zero-order chi connectivity index (χ0) is 13.1. The molecule has 0 bridgehead atoms. The lowest BCUT2D eigenvalue weighted by atomic mass is 10.0. The zero-order valence-corrected chi connectivity index (χ0v) is 10.3. The number of phenolic OH excluding ortho intramolecular Hbond substituents is 1. The van der Waals surface area contributed by atoms with Gasteiger partial charge in [0.25, 0.3) is 0 Å². The van der Waals surface area contributed by atoms with Crippen molar-refractivity contribution in [2.24, 2.45) is 0 Å². The molecule has 0 unspecified atom stereocenters. The molecular formula is C15H14O3. The van der Waals surface area contributed by atoms with Crippen molar-refractivity contribution < 1.29 is 14.6 Å². The van der Waals surface area contributed by atoms with E-state index >= 15 is 0 Å². The van der Waals surface area contributed by atoms with E-state index in [1.54, 1.807) is 19.2 Å². The molecule has 0 aliphatic carbocycles. The first-order chi connectivity index (χ1) is 8.61. The van der Waals surface area contributed by atoms with E-state index in [0.717, 1.165) is 11.3 Å². The average Bonchev–Trinajstić information content (AvgIpc) is 2.38. The highest BCUT2D eigenvalue weighted by Crippen LogP contribution is 2.31. The molecule has 2 rings (SSSR count). The number of aromatic hydroxyl groups is 1. The maximum Gasteiger partial charge on any atom is 0.159 e. The Hall–Kier alpha value is -2.29. The van der Waals surface area contributed by atoms with Gasteiger partial charge in [-0.15, -0.1) is 0 Å². The standard InChI is InChI=1S/C15H14O3/c1-10(16)12-5-8-14(15(17)9-12)11-3-6-13(18-2)7-4-11/h3-9,17H,1-2H3. The van der Waals surface area contributed by atoms with Crippen molar-refractivity contribution in [1.82, 2.24) is 0 Å². The lowest BCUT2D eigenvalue weighted by Crippen LogP contribution is -1.91. The molecule has 2 aromatic rings. The molecule has 2 aromatic carbocycles. The fourth-order valence-electron chi connectivity index (χ4n) is 1.77. The first-order valence-electron chi connectivity index (χ1n) is 5.60. The minimum absolute atomic E-state index is 0.0634. The largest absolute Gasteiger partial charge is 0.507 e. The van der Waals surface area contributed by atoms with Crippen LogP contribution in [0.4, 0.5) is 0 Å².